The Bertz CT molecular complexity index is 768. The molecule has 0 amide bonds. The maximum Gasteiger partial charge on any atom is 0.192 e. The van der Waals surface area contributed by atoms with Crippen molar-refractivity contribution in [2.24, 2.45) is 0 Å². The van der Waals surface area contributed by atoms with E-state index in [1.54, 1.807) is 0 Å². The molecule has 150 valence electrons. The maximum absolute atomic E-state index is 6.78. The summed E-state index contributed by atoms with van der Waals surface area (Å²) in [6.07, 6.45) is 7.00. The molecule has 3 rings (SSSR count). The summed E-state index contributed by atoms with van der Waals surface area (Å²) in [7, 11) is -1.73. The molecule has 2 heterocycles. The molecule has 4 nitrogen and oxygen atoms in total. The third kappa shape index (κ3) is 4.84. The van der Waals surface area contributed by atoms with Gasteiger partial charge in [0.1, 0.15) is 5.52 Å². The number of nitrogens with zero attached hydrogens (tertiary/aromatic N) is 2. The van der Waals surface area contributed by atoms with Crippen LogP contribution in [0, 0.1) is 0 Å². The lowest BCUT2D eigenvalue weighted by atomic mass is 9.97. The molecule has 0 radical (unpaired) electrons. The van der Waals surface area contributed by atoms with Crippen LogP contribution in [-0.2, 0) is 11.0 Å². The second kappa shape index (κ2) is 8.35. The molecule has 1 aliphatic rings. The van der Waals surface area contributed by atoms with E-state index in [0.29, 0.717) is 12.1 Å². The Morgan fingerprint density at radius 3 is 2.85 bits per heavy atom. The summed E-state index contributed by atoms with van der Waals surface area (Å²) in [5.41, 5.74) is 2.25. The predicted octanol–water partition coefficient (Wildman–Crippen LogP) is 5.72. The molecule has 0 spiro atoms. The third-order valence-corrected chi connectivity index (χ3v) is 11.4. The second-order valence-electron chi connectivity index (χ2n) is 9.31. The zero-order valence-electron chi connectivity index (χ0n) is 17.4. The first kappa shape index (κ1) is 21.0. The topological polar surface area (TPSA) is 39.1 Å². The first-order chi connectivity index (χ1) is 12.7. The molecule has 2 atom stereocenters. The van der Waals surface area contributed by atoms with Crippen LogP contribution in [0.1, 0.15) is 46.5 Å². The summed E-state index contributed by atoms with van der Waals surface area (Å²) in [5, 5.41) is 4.00. The number of imidazole rings is 1. The van der Waals surface area contributed by atoms with Crippen LogP contribution in [0.25, 0.3) is 11.0 Å². The van der Waals surface area contributed by atoms with Crippen molar-refractivity contribution in [3.63, 3.8) is 0 Å². The SMILES string of the molecule is CC(C)(C)[Si](C)(C)O[C@H]1CCCN[C@@H]1CCCn1cnc2c(Br)cccc21. The average molecular weight is 453 g/mol. The Hall–Kier alpha value is -0.693. The van der Waals surface area contributed by atoms with Gasteiger partial charge in [-0.05, 0) is 78.4 Å². The number of benzene rings is 1. The van der Waals surface area contributed by atoms with Crippen LogP contribution in [0.15, 0.2) is 29.0 Å². The minimum atomic E-state index is -1.73. The van der Waals surface area contributed by atoms with Crippen molar-refractivity contribution in [1.82, 2.24) is 14.9 Å². The van der Waals surface area contributed by atoms with Gasteiger partial charge >= 0.3 is 0 Å². The van der Waals surface area contributed by atoms with E-state index in [-0.39, 0.29) is 5.04 Å². The van der Waals surface area contributed by atoms with Crippen LogP contribution in [-0.4, -0.2) is 36.6 Å². The van der Waals surface area contributed by atoms with E-state index < -0.39 is 8.32 Å². The summed E-state index contributed by atoms with van der Waals surface area (Å²) in [4.78, 5) is 4.56. The number of rotatable bonds is 6. The Kier molecular flexibility index (Phi) is 6.51. The van der Waals surface area contributed by atoms with E-state index in [0.717, 1.165) is 35.9 Å². The Balaban J connectivity index is 1.60. The molecule has 0 bridgehead atoms. The number of aromatic nitrogens is 2. The minimum Gasteiger partial charge on any atom is -0.412 e. The van der Waals surface area contributed by atoms with Gasteiger partial charge in [0.05, 0.1) is 17.9 Å². The van der Waals surface area contributed by atoms with Crippen LogP contribution in [0.3, 0.4) is 0 Å². The summed E-state index contributed by atoms with van der Waals surface area (Å²) in [5.74, 6) is 0. The van der Waals surface area contributed by atoms with Gasteiger partial charge in [-0.3, -0.25) is 0 Å². The Morgan fingerprint density at radius 2 is 2.11 bits per heavy atom. The van der Waals surface area contributed by atoms with E-state index in [4.69, 9.17) is 4.43 Å². The average Bonchev–Trinajstić information content (AvgIpc) is 3.00. The maximum atomic E-state index is 6.78. The zero-order valence-corrected chi connectivity index (χ0v) is 20.0. The van der Waals surface area contributed by atoms with Crippen molar-refractivity contribution < 1.29 is 4.43 Å². The number of nitrogens with one attached hydrogen (secondary N) is 1. The van der Waals surface area contributed by atoms with E-state index in [1.165, 1.54) is 18.4 Å². The quantitative estimate of drug-likeness (QED) is 0.570. The van der Waals surface area contributed by atoms with E-state index in [1.807, 2.05) is 6.33 Å². The first-order valence-corrected chi connectivity index (χ1v) is 13.9. The highest BCUT2D eigenvalue weighted by Gasteiger charge is 2.41. The van der Waals surface area contributed by atoms with Gasteiger partial charge in [-0.1, -0.05) is 26.8 Å². The normalized spacial score (nSPS) is 21.7. The number of aryl methyl sites for hydroxylation is 1. The smallest absolute Gasteiger partial charge is 0.192 e. The monoisotopic (exact) mass is 451 g/mol. The summed E-state index contributed by atoms with van der Waals surface area (Å²) in [6.45, 7) is 13.8. The van der Waals surface area contributed by atoms with E-state index in [2.05, 4.69) is 82.9 Å². The molecule has 6 heteroatoms. The van der Waals surface area contributed by atoms with Crippen LogP contribution in [0.2, 0.25) is 18.1 Å². The van der Waals surface area contributed by atoms with Gasteiger partial charge < -0.3 is 14.3 Å². The van der Waals surface area contributed by atoms with Crippen molar-refractivity contribution in [3.8, 4) is 0 Å². The standard InChI is InChI=1S/C21H34BrN3OSi/c1-21(2,3)27(4,5)26-19-12-7-13-23-17(19)10-8-14-25-15-24-20-16(22)9-6-11-18(20)25/h6,9,11,15,17,19,23H,7-8,10,12-14H2,1-5H3/t17-,19+/m1/s1. The van der Waals surface area contributed by atoms with Gasteiger partial charge in [0.25, 0.3) is 0 Å². The molecule has 1 fully saturated rings. The van der Waals surface area contributed by atoms with Crippen LogP contribution in [0.5, 0.6) is 0 Å². The predicted molar refractivity (Wildman–Crippen MR) is 120 cm³/mol. The highest BCUT2D eigenvalue weighted by atomic mass is 79.9. The number of para-hydroxylation sites is 1. The van der Waals surface area contributed by atoms with Gasteiger partial charge in [0.2, 0.25) is 0 Å². The highest BCUT2D eigenvalue weighted by molar-refractivity contribution is 9.10. The third-order valence-electron chi connectivity index (χ3n) is 6.29. The number of halogens is 1. The van der Waals surface area contributed by atoms with Crippen molar-refractivity contribution >= 4 is 35.3 Å². The Morgan fingerprint density at radius 1 is 1.33 bits per heavy atom. The van der Waals surface area contributed by atoms with Gasteiger partial charge in [0.15, 0.2) is 8.32 Å². The summed E-state index contributed by atoms with van der Waals surface area (Å²) >= 11 is 3.59. The van der Waals surface area contributed by atoms with Crippen molar-refractivity contribution in [3.05, 3.63) is 29.0 Å². The molecule has 1 saturated heterocycles. The lowest BCUT2D eigenvalue weighted by Gasteiger charge is -2.43. The van der Waals surface area contributed by atoms with Gasteiger partial charge in [-0.2, -0.15) is 0 Å². The fourth-order valence-corrected chi connectivity index (χ4v) is 5.47. The number of hydrogen-bond acceptors (Lipinski definition) is 3. The van der Waals surface area contributed by atoms with Crippen molar-refractivity contribution in [2.45, 2.75) is 83.3 Å². The second-order valence-corrected chi connectivity index (χ2v) is 14.9. The molecular weight excluding hydrogens is 418 g/mol. The molecule has 0 saturated carbocycles. The Labute approximate surface area is 173 Å². The fraction of sp³-hybridized carbons (Fsp3) is 0.667. The number of hydrogen-bond donors (Lipinski definition) is 1. The van der Waals surface area contributed by atoms with Crippen LogP contribution >= 0.6 is 15.9 Å². The molecule has 27 heavy (non-hydrogen) atoms. The molecule has 1 aromatic carbocycles. The highest BCUT2D eigenvalue weighted by Crippen LogP contribution is 2.38. The molecule has 1 aromatic heterocycles. The summed E-state index contributed by atoms with van der Waals surface area (Å²) < 4.78 is 10.1. The van der Waals surface area contributed by atoms with Crippen LogP contribution in [0.4, 0.5) is 0 Å². The van der Waals surface area contributed by atoms with E-state index in [9.17, 15) is 0 Å². The number of piperidine rings is 1. The number of fused-ring (bicyclic) bond motifs is 1. The van der Waals surface area contributed by atoms with Crippen LogP contribution < -0.4 is 5.32 Å². The molecular formula is C21H34BrN3OSi. The van der Waals surface area contributed by atoms with Gasteiger partial charge in [0, 0.05) is 17.1 Å². The minimum absolute atomic E-state index is 0.262. The largest absolute Gasteiger partial charge is 0.412 e. The lowest BCUT2D eigenvalue weighted by Crippen LogP contribution is -2.53. The first-order valence-electron chi connectivity index (χ1n) is 10.2. The van der Waals surface area contributed by atoms with Crippen molar-refractivity contribution in [1.29, 1.82) is 0 Å². The molecule has 1 aliphatic heterocycles. The molecule has 0 unspecified atom stereocenters. The zero-order chi connectivity index (χ0) is 19.7. The molecule has 0 aliphatic carbocycles. The van der Waals surface area contributed by atoms with E-state index >= 15 is 0 Å². The fourth-order valence-electron chi connectivity index (χ4n) is 3.62. The molecule has 2 aromatic rings. The lowest BCUT2D eigenvalue weighted by molar-refractivity contribution is 0.0994. The summed E-state index contributed by atoms with van der Waals surface area (Å²) in [6, 6.07) is 6.74. The van der Waals surface area contributed by atoms with Gasteiger partial charge in [-0.15, -0.1) is 0 Å². The molecule has 1 N–H and O–H groups in total. The van der Waals surface area contributed by atoms with Crippen molar-refractivity contribution in [2.75, 3.05) is 6.54 Å². The van der Waals surface area contributed by atoms with Gasteiger partial charge in [-0.25, -0.2) is 4.98 Å².